The second-order valence-corrected chi connectivity index (χ2v) is 8.52. The van der Waals surface area contributed by atoms with E-state index in [-0.39, 0.29) is 12.5 Å². The Kier molecular flexibility index (Phi) is 6.43. The van der Waals surface area contributed by atoms with Gasteiger partial charge in [-0.1, -0.05) is 52.2 Å². The summed E-state index contributed by atoms with van der Waals surface area (Å²) in [5.41, 5.74) is 0.665. The molecule has 30 heavy (non-hydrogen) atoms. The number of ether oxygens (including phenoxy) is 1. The molecule has 0 atom stereocenters. The van der Waals surface area contributed by atoms with E-state index < -0.39 is 0 Å². The number of fused-ring (bicyclic) bond motifs is 1. The summed E-state index contributed by atoms with van der Waals surface area (Å²) in [7, 11) is 0. The zero-order chi connectivity index (χ0) is 21.1. The Morgan fingerprint density at radius 1 is 1.13 bits per heavy atom. The maximum absolute atomic E-state index is 13.1. The number of hydrogen-bond acceptors (Lipinski definition) is 5. The number of benzene rings is 2. The van der Waals surface area contributed by atoms with Crippen molar-refractivity contribution in [2.45, 2.75) is 6.54 Å². The molecule has 4 rings (SSSR count). The average Bonchev–Trinajstić information content (AvgIpc) is 3.38. The van der Waals surface area contributed by atoms with Gasteiger partial charge in [-0.15, -0.1) is 0 Å². The second kappa shape index (κ2) is 9.22. The summed E-state index contributed by atoms with van der Waals surface area (Å²) >= 11 is 19.7. The van der Waals surface area contributed by atoms with Gasteiger partial charge in [0.05, 0.1) is 21.3 Å². The first-order valence-electron chi connectivity index (χ1n) is 8.92. The van der Waals surface area contributed by atoms with Gasteiger partial charge in [0.2, 0.25) is 0 Å². The number of rotatable bonds is 7. The smallest absolute Gasteiger partial charge is 0.266 e. The van der Waals surface area contributed by atoms with Gasteiger partial charge in [0.1, 0.15) is 11.3 Å². The molecule has 0 unspecified atom stereocenters. The summed E-state index contributed by atoms with van der Waals surface area (Å²) in [6.07, 6.45) is 3.52. The molecular formula is C20H15Cl3N4O2S. The van der Waals surface area contributed by atoms with E-state index in [1.54, 1.807) is 40.0 Å². The van der Waals surface area contributed by atoms with Crippen LogP contribution in [0.5, 0.6) is 5.75 Å². The van der Waals surface area contributed by atoms with Gasteiger partial charge in [-0.25, -0.2) is 4.98 Å². The van der Waals surface area contributed by atoms with Crippen molar-refractivity contribution in [3.8, 4) is 5.75 Å². The van der Waals surface area contributed by atoms with Crippen molar-refractivity contribution in [3.63, 3.8) is 0 Å². The summed E-state index contributed by atoms with van der Waals surface area (Å²) in [5, 5.41) is 6.10. The van der Waals surface area contributed by atoms with Gasteiger partial charge in [-0.2, -0.15) is 5.10 Å². The van der Waals surface area contributed by atoms with E-state index in [0.29, 0.717) is 44.6 Å². The summed E-state index contributed by atoms with van der Waals surface area (Å²) in [4.78, 5) is 19.2. The third kappa shape index (κ3) is 4.70. The zero-order valence-corrected chi connectivity index (χ0v) is 18.5. The molecule has 0 aliphatic carbocycles. The minimum Gasteiger partial charge on any atom is -0.482 e. The Labute approximate surface area is 191 Å². The van der Waals surface area contributed by atoms with Crippen molar-refractivity contribution in [1.82, 2.24) is 14.8 Å². The van der Waals surface area contributed by atoms with E-state index in [1.165, 1.54) is 11.3 Å². The van der Waals surface area contributed by atoms with E-state index in [0.717, 1.165) is 4.70 Å². The van der Waals surface area contributed by atoms with Crippen LogP contribution in [0.2, 0.25) is 15.1 Å². The van der Waals surface area contributed by atoms with Crippen LogP contribution in [0, 0.1) is 0 Å². The monoisotopic (exact) mass is 480 g/mol. The normalized spacial score (nSPS) is 11.0. The number of aromatic nitrogens is 3. The highest BCUT2D eigenvalue weighted by Crippen LogP contribution is 2.33. The van der Waals surface area contributed by atoms with Gasteiger partial charge in [0.25, 0.3) is 5.91 Å². The van der Waals surface area contributed by atoms with Gasteiger partial charge in [0, 0.05) is 24.0 Å². The highest BCUT2D eigenvalue weighted by atomic mass is 35.5. The van der Waals surface area contributed by atoms with Gasteiger partial charge >= 0.3 is 0 Å². The lowest BCUT2D eigenvalue weighted by molar-refractivity contribution is -0.120. The maximum atomic E-state index is 13.1. The fraction of sp³-hybridized carbons (Fsp3) is 0.150. The van der Waals surface area contributed by atoms with E-state index in [9.17, 15) is 4.79 Å². The van der Waals surface area contributed by atoms with Crippen molar-refractivity contribution in [1.29, 1.82) is 0 Å². The topological polar surface area (TPSA) is 60.2 Å². The SMILES string of the molecule is O=C(COc1ccc(Cl)cc1Cl)N(CCn1cccn1)c1nc2c(Cl)cccc2s1. The fourth-order valence-electron chi connectivity index (χ4n) is 2.79. The van der Waals surface area contributed by atoms with Gasteiger partial charge in [-0.3, -0.25) is 14.4 Å². The Bertz CT molecular complexity index is 1180. The molecule has 0 aliphatic heterocycles. The molecule has 1 amide bonds. The summed E-state index contributed by atoms with van der Waals surface area (Å²) in [6, 6.07) is 12.2. The van der Waals surface area contributed by atoms with Crippen LogP contribution in [0.4, 0.5) is 5.13 Å². The van der Waals surface area contributed by atoms with E-state index in [1.807, 2.05) is 24.4 Å². The largest absolute Gasteiger partial charge is 0.482 e. The lowest BCUT2D eigenvalue weighted by Crippen LogP contribution is -2.37. The van der Waals surface area contributed by atoms with Crippen LogP contribution in [0.25, 0.3) is 10.2 Å². The first kappa shape index (κ1) is 20.9. The highest BCUT2D eigenvalue weighted by molar-refractivity contribution is 7.22. The number of para-hydroxylation sites is 1. The standard InChI is InChI=1S/C20H15Cl3N4O2S/c21-13-5-6-16(15(23)11-13)29-12-18(28)27(10-9-26-8-2-7-24-26)20-25-19-14(22)3-1-4-17(19)30-20/h1-8,11H,9-10,12H2. The minimum absolute atomic E-state index is 0.204. The molecule has 2 aromatic carbocycles. The number of thiazole rings is 1. The average molecular weight is 482 g/mol. The Balaban J connectivity index is 1.56. The highest BCUT2D eigenvalue weighted by Gasteiger charge is 2.21. The molecule has 0 saturated carbocycles. The van der Waals surface area contributed by atoms with Gasteiger partial charge in [-0.05, 0) is 36.4 Å². The fourth-order valence-corrected chi connectivity index (χ4v) is 4.56. The molecule has 10 heteroatoms. The maximum Gasteiger partial charge on any atom is 0.266 e. The number of carbonyl (C=O) groups is 1. The molecule has 0 fully saturated rings. The van der Waals surface area contributed by atoms with Crippen LogP contribution in [-0.2, 0) is 11.3 Å². The molecule has 0 bridgehead atoms. The summed E-state index contributed by atoms with van der Waals surface area (Å²) in [6.45, 7) is 0.671. The molecule has 4 aromatic rings. The predicted molar refractivity (Wildman–Crippen MR) is 121 cm³/mol. The third-order valence-corrected chi connectivity index (χ3v) is 6.13. The molecule has 0 radical (unpaired) electrons. The number of halogens is 3. The lowest BCUT2D eigenvalue weighted by atomic mass is 10.3. The lowest BCUT2D eigenvalue weighted by Gasteiger charge is -2.20. The van der Waals surface area contributed by atoms with Crippen molar-refractivity contribution >= 4 is 67.4 Å². The van der Waals surface area contributed by atoms with Crippen molar-refractivity contribution in [2.24, 2.45) is 0 Å². The minimum atomic E-state index is -0.261. The van der Waals surface area contributed by atoms with Crippen LogP contribution in [0.1, 0.15) is 0 Å². The van der Waals surface area contributed by atoms with Crippen LogP contribution >= 0.6 is 46.1 Å². The quantitative estimate of drug-likeness (QED) is 0.346. The van der Waals surface area contributed by atoms with Crippen molar-refractivity contribution in [3.05, 3.63) is 69.9 Å². The summed E-state index contributed by atoms with van der Waals surface area (Å²) in [5.74, 6) is 0.122. The Morgan fingerprint density at radius 3 is 2.73 bits per heavy atom. The number of carbonyl (C=O) groups excluding carboxylic acids is 1. The van der Waals surface area contributed by atoms with E-state index in [4.69, 9.17) is 39.5 Å². The number of hydrogen-bond donors (Lipinski definition) is 0. The molecular weight excluding hydrogens is 467 g/mol. The van der Waals surface area contributed by atoms with E-state index in [2.05, 4.69) is 10.1 Å². The Morgan fingerprint density at radius 2 is 2.00 bits per heavy atom. The predicted octanol–water partition coefficient (Wildman–Crippen LogP) is 5.57. The molecule has 0 saturated heterocycles. The first-order chi connectivity index (χ1) is 14.5. The molecule has 0 aliphatic rings. The number of anilines is 1. The number of amides is 1. The number of nitrogens with zero attached hydrogens (tertiary/aromatic N) is 4. The molecule has 154 valence electrons. The molecule has 2 heterocycles. The Hall–Kier alpha value is -2.32. The van der Waals surface area contributed by atoms with Crippen molar-refractivity contribution in [2.75, 3.05) is 18.1 Å². The van der Waals surface area contributed by atoms with Crippen molar-refractivity contribution < 1.29 is 9.53 Å². The van der Waals surface area contributed by atoms with Gasteiger partial charge < -0.3 is 4.74 Å². The first-order valence-corrected chi connectivity index (χ1v) is 10.9. The third-order valence-electron chi connectivity index (χ3n) is 4.25. The summed E-state index contributed by atoms with van der Waals surface area (Å²) < 4.78 is 8.28. The second-order valence-electron chi connectivity index (χ2n) is 6.26. The van der Waals surface area contributed by atoms with Crippen LogP contribution < -0.4 is 9.64 Å². The van der Waals surface area contributed by atoms with E-state index >= 15 is 0 Å². The molecule has 6 nitrogen and oxygen atoms in total. The van der Waals surface area contributed by atoms with Gasteiger partial charge in [0.15, 0.2) is 11.7 Å². The zero-order valence-electron chi connectivity index (χ0n) is 15.5. The van der Waals surface area contributed by atoms with Crippen LogP contribution in [-0.4, -0.2) is 33.8 Å². The van der Waals surface area contributed by atoms with Crippen LogP contribution in [0.15, 0.2) is 54.9 Å². The molecule has 0 N–H and O–H groups in total. The molecule has 2 aromatic heterocycles. The van der Waals surface area contributed by atoms with Crippen LogP contribution in [0.3, 0.4) is 0 Å². The molecule has 0 spiro atoms.